The van der Waals surface area contributed by atoms with E-state index in [1.807, 2.05) is 12.1 Å². The molecule has 106 valence electrons. The summed E-state index contributed by atoms with van der Waals surface area (Å²) in [6, 6.07) is 17.6. The van der Waals surface area contributed by atoms with Gasteiger partial charge in [0, 0.05) is 12.6 Å². The van der Waals surface area contributed by atoms with Crippen LogP contribution in [0, 0.1) is 5.82 Å². The molecule has 0 aliphatic carbocycles. The van der Waals surface area contributed by atoms with E-state index in [0.29, 0.717) is 12.6 Å². The standard InChI is InChI=1S/C18H22FN/c1-2-3-12-18(16-9-5-4-6-10-16)20-14-15-8-7-11-17(19)13-15/h4-11,13,18,20H,2-3,12,14H2,1H3. The van der Waals surface area contributed by atoms with Gasteiger partial charge in [0.2, 0.25) is 0 Å². The average molecular weight is 271 g/mol. The molecular formula is C18H22FN. The summed E-state index contributed by atoms with van der Waals surface area (Å²) in [5.41, 5.74) is 2.29. The van der Waals surface area contributed by atoms with Crippen molar-refractivity contribution in [1.82, 2.24) is 5.32 Å². The summed E-state index contributed by atoms with van der Waals surface area (Å²) < 4.78 is 13.2. The quantitative estimate of drug-likeness (QED) is 0.759. The Labute approximate surface area is 120 Å². The van der Waals surface area contributed by atoms with E-state index in [1.165, 1.54) is 24.5 Å². The lowest BCUT2D eigenvalue weighted by molar-refractivity contribution is 0.479. The number of benzene rings is 2. The van der Waals surface area contributed by atoms with E-state index in [9.17, 15) is 4.39 Å². The summed E-state index contributed by atoms with van der Waals surface area (Å²) >= 11 is 0. The van der Waals surface area contributed by atoms with Crippen LogP contribution in [0.15, 0.2) is 54.6 Å². The van der Waals surface area contributed by atoms with Gasteiger partial charge in [0.1, 0.15) is 5.82 Å². The summed E-state index contributed by atoms with van der Waals surface area (Å²) in [6.45, 7) is 2.90. The van der Waals surface area contributed by atoms with Crippen LogP contribution in [-0.2, 0) is 6.54 Å². The molecule has 2 rings (SSSR count). The van der Waals surface area contributed by atoms with E-state index in [2.05, 4.69) is 36.5 Å². The second kappa shape index (κ2) is 7.81. The highest BCUT2D eigenvalue weighted by atomic mass is 19.1. The Morgan fingerprint density at radius 2 is 1.85 bits per heavy atom. The van der Waals surface area contributed by atoms with Crippen LogP contribution in [0.2, 0.25) is 0 Å². The molecule has 0 saturated carbocycles. The summed E-state index contributed by atoms with van der Waals surface area (Å²) in [6.07, 6.45) is 3.48. The summed E-state index contributed by atoms with van der Waals surface area (Å²) in [7, 11) is 0. The highest BCUT2D eigenvalue weighted by Crippen LogP contribution is 2.20. The van der Waals surface area contributed by atoms with E-state index in [-0.39, 0.29) is 5.82 Å². The summed E-state index contributed by atoms with van der Waals surface area (Å²) in [5, 5.41) is 3.55. The van der Waals surface area contributed by atoms with Gasteiger partial charge >= 0.3 is 0 Å². The molecule has 0 aromatic heterocycles. The maximum atomic E-state index is 13.2. The maximum absolute atomic E-state index is 13.2. The fourth-order valence-electron chi connectivity index (χ4n) is 2.37. The highest BCUT2D eigenvalue weighted by Gasteiger charge is 2.10. The molecule has 0 bridgehead atoms. The van der Waals surface area contributed by atoms with Crippen molar-refractivity contribution in [2.75, 3.05) is 0 Å². The number of hydrogen-bond acceptors (Lipinski definition) is 1. The van der Waals surface area contributed by atoms with E-state index < -0.39 is 0 Å². The van der Waals surface area contributed by atoms with E-state index in [1.54, 1.807) is 12.1 Å². The van der Waals surface area contributed by atoms with Gasteiger partial charge in [-0.25, -0.2) is 4.39 Å². The van der Waals surface area contributed by atoms with Crippen LogP contribution in [0.4, 0.5) is 4.39 Å². The zero-order chi connectivity index (χ0) is 14.2. The van der Waals surface area contributed by atoms with Crippen molar-refractivity contribution in [2.45, 2.75) is 38.8 Å². The van der Waals surface area contributed by atoms with E-state index >= 15 is 0 Å². The van der Waals surface area contributed by atoms with Gasteiger partial charge in [-0.3, -0.25) is 0 Å². The number of nitrogens with one attached hydrogen (secondary N) is 1. The molecule has 0 amide bonds. The molecular weight excluding hydrogens is 249 g/mol. The lowest BCUT2D eigenvalue weighted by Gasteiger charge is -2.19. The van der Waals surface area contributed by atoms with Crippen LogP contribution in [0.5, 0.6) is 0 Å². The smallest absolute Gasteiger partial charge is 0.123 e. The van der Waals surface area contributed by atoms with Crippen molar-refractivity contribution < 1.29 is 4.39 Å². The van der Waals surface area contributed by atoms with Crippen molar-refractivity contribution >= 4 is 0 Å². The molecule has 0 saturated heterocycles. The third-order valence-electron chi connectivity index (χ3n) is 3.49. The minimum absolute atomic E-state index is 0.172. The van der Waals surface area contributed by atoms with Crippen molar-refractivity contribution in [2.24, 2.45) is 0 Å². The molecule has 0 radical (unpaired) electrons. The molecule has 1 N–H and O–H groups in total. The van der Waals surface area contributed by atoms with Crippen molar-refractivity contribution in [3.05, 3.63) is 71.5 Å². The first-order valence-corrected chi connectivity index (χ1v) is 7.32. The van der Waals surface area contributed by atoms with Crippen LogP contribution in [0.1, 0.15) is 43.4 Å². The van der Waals surface area contributed by atoms with Gasteiger partial charge in [0.05, 0.1) is 0 Å². The van der Waals surface area contributed by atoms with Gasteiger partial charge < -0.3 is 5.32 Å². The van der Waals surface area contributed by atoms with Gasteiger partial charge in [0.15, 0.2) is 0 Å². The Balaban J connectivity index is 2.01. The molecule has 1 atom stereocenters. The first-order valence-electron chi connectivity index (χ1n) is 7.32. The average Bonchev–Trinajstić information content (AvgIpc) is 2.48. The van der Waals surface area contributed by atoms with E-state index in [0.717, 1.165) is 12.0 Å². The zero-order valence-electron chi connectivity index (χ0n) is 12.0. The van der Waals surface area contributed by atoms with Crippen molar-refractivity contribution in [1.29, 1.82) is 0 Å². The molecule has 2 aromatic carbocycles. The molecule has 2 aromatic rings. The number of hydrogen-bond donors (Lipinski definition) is 1. The molecule has 1 unspecified atom stereocenters. The topological polar surface area (TPSA) is 12.0 Å². The largest absolute Gasteiger partial charge is 0.306 e. The Hall–Kier alpha value is -1.67. The Morgan fingerprint density at radius 3 is 2.55 bits per heavy atom. The Bertz CT molecular complexity index is 510. The van der Waals surface area contributed by atoms with Crippen LogP contribution in [0.3, 0.4) is 0 Å². The normalized spacial score (nSPS) is 12.3. The lowest BCUT2D eigenvalue weighted by Crippen LogP contribution is -2.21. The summed E-state index contributed by atoms with van der Waals surface area (Å²) in [5.74, 6) is -0.172. The van der Waals surface area contributed by atoms with Gasteiger partial charge in [-0.1, -0.05) is 62.2 Å². The lowest BCUT2D eigenvalue weighted by atomic mass is 10.0. The first kappa shape index (κ1) is 14.7. The highest BCUT2D eigenvalue weighted by molar-refractivity contribution is 5.20. The Morgan fingerprint density at radius 1 is 1.05 bits per heavy atom. The summed E-state index contributed by atoms with van der Waals surface area (Å²) in [4.78, 5) is 0. The molecule has 0 fully saturated rings. The van der Waals surface area contributed by atoms with Crippen LogP contribution < -0.4 is 5.32 Å². The maximum Gasteiger partial charge on any atom is 0.123 e. The molecule has 0 spiro atoms. The zero-order valence-corrected chi connectivity index (χ0v) is 12.0. The minimum Gasteiger partial charge on any atom is -0.306 e. The minimum atomic E-state index is -0.172. The second-order valence-electron chi connectivity index (χ2n) is 5.12. The number of rotatable bonds is 7. The predicted octanol–water partition coefficient (Wildman–Crippen LogP) is 4.85. The van der Waals surface area contributed by atoms with Crippen LogP contribution >= 0.6 is 0 Å². The Kier molecular flexibility index (Phi) is 5.75. The van der Waals surface area contributed by atoms with Gasteiger partial charge in [-0.2, -0.15) is 0 Å². The molecule has 20 heavy (non-hydrogen) atoms. The molecule has 2 heteroatoms. The fraction of sp³-hybridized carbons (Fsp3) is 0.333. The van der Waals surface area contributed by atoms with Crippen LogP contribution in [-0.4, -0.2) is 0 Å². The van der Waals surface area contributed by atoms with Crippen molar-refractivity contribution in [3.63, 3.8) is 0 Å². The van der Waals surface area contributed by atoms with E-state index in [4.69, 9.17) is 0 Å². The predicted molar refractivity (Wildman–Crippen MR) is 81.9 cm³/mol. The SMILES string of the molecule is CCCCC(NCc1cccc(F)c1)c1ccccc1. The molecule has 1 nitrogen and oxygen atoms in total. The first-order chi connectivity index (χ1) is 9.79. The molecule has 0 heterocycles. The van der Waals surface area contributed by atoms with Gasteiger partial charge in [-0.15, -0.1) is 0 Å². The number of halogens is 1. The van der Waals surface area contributed by atoms with Crippen LogP contribution in [0.25, 0.3) is 0 Å². The number of unbranched alkanes of at least 4 members (excludes halogenated alkanes) is 1. The monoisotopic (exact) mass is 271 g/mol. The third kappa shape index (κ3) is 4.46. The van der Waals surface area contributed by atoms with Gasteiger partial charge in [-0.05, 0) is 29.7 Å². The van der Waals surface area contributed by atoms with Gasteiger partial charge in [0.25, 0.3) is 0 Å². The molecule has 0 aliphatic heterocycles. The second-order valence-corrected chi connectivity index (χ2v) is 5.12. The fourth-order valence-corrected chi connectivity index (χ4v) is 2.37. The van der Waals surface area contributed by atoms with Crippen molar-refractivity contribution in [3.8, 4) is 0 Å². The molecule has 0 aliphatic rings. The third-order valence-corrected chi connectivity index (χ3v) is 3.49.